The lowest BCUT2D eigenvalue weighted by Crippen LogP contribution is -2.13. The summed E-state index contributed by atoms with van der Waals surface area (Å²) >= 11 is 0. The van der Waals surface area contributed by atoms with Gasteiger partial charge in [0.05, 0.1) is 0 Å². The summed E-state index contributed by atoms with van der Waals surface area (Å²) in [6.45, 7) is 2.05. The Morgan fingerprint density at radius 2 is 1.68 bits per heavy atom. The van der Waals surface area contributed by atoms with Gasteiger partial charge < -0.3 is 0 Å². The van der Waals surface area contributed by atoms with Gasteiger partial charge in [-0.2, -0.15) is 31.6 Å². The van der Waals surface area contributed by atoms with E-state index in [0.717, 1.165) is 0 Å². The number of alkyl halides is 6. The first-order valence-electron chi connectivity index (χ1n) is 5.04. The predicted octanol–water partition coefficient (Wildman–Crippen LogP) is 4.32. The van der Waals surface area contributed by atoms with E-state index >= 15 is 0 Å². The van der Waals surface area contributed by atoms with E-state index in [9.17, 15) is 26.3 Å². The zero-order valence-electron chi connectivity index (χ0n) is 10.0. The molecule has 0 unspecified atom stereocenters. The molecule has 0 saturated carbocycles. The first-order valence-corrected chi connectivity index (χ1v) is 5.04. The summed E-state index contributed by atoms with van der Waals surface area (Å²) in [6, 6.07) is 1.20. The van der Waals surface area contributed by atoms with E-state index in [1.54, 1.807) is 0 Å². The standard InChI is InChI=1S/C11H10F6N2/c1-3-4-9(11(15,16)17)19-8(6-18)5-7(2)10(12,13)14/h4-5H,3H2,1-2H3/b7-5+,9-4+,19-8+. The molecule has 0 radical (unpaired) electrons. The van der Waals surface area contributed by atoms with Gasteiger partial charge in [-0.15, -0.1) is 0 Å². The molecule has 0 N–H and O–H groups in total. The van der Waals surface area contributed by atoms with Crippen LogP contribution in [0, 0.1) is 11.3 Å². The van der Waals surface area contributed by atoms with Crippen LogP contribution in [0.25, 0.3) is 0 Å². The molecule has 0 saturated heterocycles. The minimum atomic E-state index is -4.82. The van der Waals surface area contributed by atoms with Crippen LogP contribution in [0.15, 0.2) is 28.4 Å². The molecule has 0 spiro atoms. The van der Waals surface area contributed by atoms with Gasteiger partial charge in [0.25, 0.3) is 0 Å². The molecule has 2 nitrogen and oxygen atoms in total. The molecule has 8 heteroatoms. The summed E-state index contributed by atoms with van der Waals surface area (Å²) in [5.74, 6) is 0. The van der Waals surface area contributed by atoms with Gasteiger partial charge in [0.1, 0.15) is 17.5 Å². The number of hydrogen-bond acceptors (Lipinski definition) is 2. The van der Waals surface area contributed by atoms with Crippen molar-refractivity contribution in [3.63, 3.8) is 0 Å². The highest BCUT2D eigenvalue weighted by molar-refractivity contribution is 6.08. The molecule has 0 amide bonds. The second kappa shape index (κ2) is 6.41. The highest BCUT2D eigenvalue weighted by atomic mass is 19.4. The van der Waals surface area contributed by atoms with Crippen molar-refractivity contribution in [1.82, 2.24) is 0 Å². The Morgan fingerprint density at radius 3 is 2.00 bits per heavy atom. The van der Waals surface area contributed by atoms with Crippen LogP contribution in [0.1, 0.15) is 20.3 Å². The predicted molar refractivity (Wildman–Crippen MR) is 57.3 cm³/mol. The van der Waals surface area contributed by atoms with E-state index in [1.165, 1.54) is 13.0 Å². The molecule has 0 aromatic heterocycles. The van der Waals surface area contributed by atoms with Gasteiger partial charge in [-0.05, 0) is 19.4 Å². The lowest BCUT2D eigenvalue weighted by molar-refractivity contribution is -0.0926. The molecule has 0 aliphatic carbocycles. The van der Waals surface area contributed by atoms with E-state index in [0.29, 0.717) is 13.0 Å². The lowest BCUT2D eigenvalue weighted by Gasteiger charge is -2.08. The first-order chi connectivity index (χ1) is 8.52. The fraction of sp³-hybridized carbons (Fsp3) is 0.455. The maximum absolute atomic E-state index is 12.4. The second-order valence-electron chi connectivity index (χ2n) is 3.43. The maximum Gasteiger partial charge on any atom is 0.433 e. The number of nitrogens with zero attached hydrogens (tertiary/aromatic N) is 2. The van der Waals surface area contributed by atoms with Crippen LogP contribution in [-0.4, -0.2) is 18.1 Å². The third-order valence-electron chi connectivity index (χ3n) is 1.84. The van der Waals surface area contributed by atoms with Crippen LogP contribution >= 0.6 is 0 Å². The smallest absolute Gasteiger partial charge is 0.233 e. The topological polar surface area (TPSA) is 36.1 Å². The van der Waals surface area contributed by atoms with Gasteiger partial charge in [-0.25, -0.2) is 4.99 Å². The van der Waals surface area contributed by atoms with Gasteiger partial charge in [0.2, 0.25) is 0 Å². The number of nitriles is 1. The number of halogens is 6. The Kier molecular flexibility index (Phi) is 5.81. The number of allylic oxidation sites excluding steroid dienone is 4. The average molecular weight is 284 g/mol. The Morgan fingerprint density at radius 1 is 1.16 bits per heavy atom. The van der Waals surface area contributed by atoms with Crippen LogP contribution < -0.4 is 0 Å². The van der Waals surface area contributed by atoms with E-state index < -0.39 is 29.3 Å². The molecule has 0 aromatic carbocycles. The van der Waals surface area contributed by atoms with Crippen molar-refractivity contribution in [2.45, 2.75) is 32.6 Å². The monoisotopic (exact) mass is 284 g/mol. The van der Waals surface area contributed by atoms with Gasteiger partial charge in [0, 0.05) is 5.57 Å². The Labute approximate surface area is 105 Å². The molecule has 0 rings (SSSR count). The fourth-order valence-corrected chi connectivity index (χ4v) is 0.924. The minimum Gasteiger partial charge on any atom is -0.233 e. The van der Waals surface area contributed by atoms with E-state index in [1.807, 2.05) is 0 Å². The summed E-state index contributed by atoms with van der Waals surface area (Å²) in [7, 11) is 0. The molecule has 0 aliphatic heterocycles. The van der Waals surface area contributed by atoms with Crippen molar-refractivity contribution in [2.75, 3.05) is 0 Å². The summed E-state index contributed by atoms with van der Waals surface area (Å²) < 4.78 is 73.9. The third kappa shape index (κ3) is 6.08. The molecular weight excluding hydrogens is 274 g/mol. The van der Waals surface area contributed by atoms with E-state index in [2.05, 4.69) is 4.99 Å². The van der Waals surface area contributed by atoms with Gasteiger partial charge in [0.15, 0.2) is 0 Å². The zero-order chi connectivity index (χ0) is 15.3. The highest BCUT2D eigenvalue weighted by Crippen LogP contribution is 2.28. The van der Waals surface area contributed by atoms with Crippen LogP contribution in [0.5, 0.6) is 0 Å². The molecular formula is C11H10F6N2. The van der Waals surface area contributed by atoms with E-state index in [4.69, 9.17) is 5.26 Å². The van der Waals surface area contributed by atoms with Crippen molar-refractivity contribution in [3.8, 4) is 6.07 Å². The number of aliphatic imine (C=N–C) groups is 1. The Balaban J connectivity index is 5.56. The van der Waals surface area contributed by atoms with Crippen molar-refractivity contribution in [1.29, 1.82) is 5.26 Å². The number of hydrogen-bond donors (Lipinski definition) is 0. The molecule has 0 atom stereocenters. The molecule has 106 valence electrons. The quantitative estimate of drug-likeness (QED) is 0.561. The third-order valence-corrected chi connectivity index (χ3v) is 1.84. The van der Waals surface area contributed by atoms with Gasteiger partial charge in [-0.3, -0.25) is 0 Å². The molecule has 0 fully saturated rings. The van der Waals surface area contributed by atoms with Crippen LogP contribution in [0.3, 0.4) is 0 Å². The maximum atomic E-state index is 12.4. The minimum absolute atomic E-state index is 0.0149. The zero-order valence-corrected chi connectivity index (χ0v) is 10.0. The second-order valence-corrected chi connectivity index (χ2v) is 3.43. The van der Waals surface area contributed by atoms with Crippen LogP contribution in [-0.2, 0) is 0 Å². The summed E-state index contributed by atoms with van der Waals surface area (Å²) in [4.78, 5) is 2.92. The Bertz CT molecular complexity index is 445. The summed E-state index contributed by atoms with van der Waals surface area (Å²) in [5, 5.41) is 8.54. The Hall–Kier alpha value is -1.78. The van der Waals surface area contributed by atoms with Gasteiger partial charge >= 0.3 is 12.4 Å². The lowest BCUT2D eigenvalue weighted by atomic mass is 10.2. The highest BCUT2D eigenvalue weighted by Gasteiger charge is 2.34. The SMILES string of the molecule is CC/C=C(/N=C(C#N)\C=C(/C)C(F)(F)F)C(F)(F)F. The van der Waals surface area contributed by atoms with Crippen molar-refractivity contribution in [2.24, 2.45) is 4.99 Å². The molecule has 0 heterocycles. The largest absolute Gasteiger partial charge is 0.433 e. The molecule has 0 aromatic rings. The van der Waals surface area contributed by atoms with Gasteiger partial charge in [-0.1, -0.05) is 13.0 Å². The summed E-state index contributed by atoms with van der Waals surface area (Å²) in [6.07, 6.45) is -8.59. The number of rotatable bonds is 3. The van der Waals surface area contributed by atoms with Crippen molar-refractivity contribution >= 4 is 5.71 Å². The molecule has 19 heavy (non-hydrogen) atoms. The molecule has 0 aliphatic rings. The van der Waals surface area contributed by atoms with Crippen LogP contribution in [0.4, 0.5) is 26.3 Å². The van der Waals surface area contributed by atoms with Crippen molar-refractivity contribution < 1.29 is 26.3 Å². The fourth-order valence-electron chi connectivity index (χ4n) is 0.924. The van der Waals surface area contributed by atoms with Crippen molar-refractivity contribution in [3.05, 3.63) is 23.4 Å². The average Bonchev–Trinajstić information content (AvgIpc) is 2.24. The normalized spacial score (nSPS) is 15.4. The van der Waals surface area contributed by atoms with E-state index in [-0.39, 0.29) is 12.5 Å². The summed E-state index contributed by atoms with van der Waals surface area (Å²) in [5.41, 5.74) is -3.55. The molecule has 0 bridgehead atoms. The first kappa shape index (κ1) is 17.2. The van der Waals surface area contributed by atoms with Crippen LogP contribution in [0.2, 0.25) is 0 Å².